The first-order chi connectivity index (χ1) is 34.2. The van der Waals surface area contributed by atoms with Crippen molar-refractivity contribution in [2.24, 2.45) is 0 Å². The highest BCUT2D eigenvalue weighted by Crippen LogP contribution is 2.38. The fraction of sp³-hybridized carbons (Fsp3) is 0.288. The van der Waals surface area contributed by atoms with Crippen LogP contribution in [0.15, 0.2) is 217 Å². The van der Waals surface area contributed by atoms with Gasteiger partial charge in [-0.25, -0.2) is 0 Å². The molecule has 0 saturated carbocycles. The zero-order valence-electron chi connectivity index (χ0n) is 38.6. The molecule has 0 amide bonds. The Hall–Kier alpha value is -5.47. The molecule has 69 heavy (non-hydrogen) atoms. The summed E-state index contributed by atoms with van der Waals surface area (Å²) in [5.41, 5.74) is 5.71. The third kappa shape index (κ3) is 14.3. The van der Waals surface area contributed by atoms with E-state index >= 15 is 0 Å². The van der Waals surface area contributed by atoms with E-state index < -0.39 is 54.5 Å². The number of ether oxygens (including phenoxy) is 9. The van der Waals surface area contributed by atoms with Crippen molar-refractivity contribution in [3.8, 4) is 0 Å². The van der Waals surface area contributed by atoms with Gasteiger partial charge < -0.3 is 42.6 Å². The predicted octanol–water partition coefficient (Wildman–Crippen LogP) is 11.4. The molecule has 7 aromatic rings. The average molecular weight is 945 g/mol. The summed E-state index contributed by atoms with van der Waals surface area (Å²) < 4.78 is 62.8. The number of rotatable bonds is 23. The minimum absolute atomic E-state index is 0.193. The Kier molecular flexibility index (Phi) is 18.3. The molecule has 0 unspecified atom stereocenters. The van der Waals surface area contributed by atoms with Crippen molar-refractivity contribution < 1.29 is 42.6 Å². The van der Waals surface area contributed by atoms with E-state index in [0.29, 0.717) is 33.0 Å². The maximum absolute atomic E-state index is 7.33. The number of thioether (sulfide) groups is 1. The van der Waals surface area contributed by atoms with Crippen molar-refractivity contribution >= 4 is 11.8 Å². The van der Waals surface area contributed by atoms with Crippen LogP contribution in [0, 0.1) is 0 Å². The van der Waals surface area contributed by atoms with Gasteiger partial charge in [0.2, 0.25) is 0 Å². The molecule has 7 aromatic carbocycles. The summed E-state index contributed by atoms with van der Waals surface area (Å²) in [6.45, 7) is 2.33. The molecule has 356 valence electrons. The highest BCUT2D eigenvalue weighted by molar-refractivity contribution is 7.99. The molecule has 2 saturated heterocycles. The summed E-state index contributed by atoms with van der Waals surface area (Å²) in [5, 5.41) is 0. The summed E-state index contributed by atoms with van der Waals surface area (Å²) in [6.07, 6.45) is -5.56. The van der Waals surface area contributed by atoms with Gasteiger partial charge in [-0.2, -0.15) is 0 Å². The van der Waals surface area contributed by atoms with Gasteiger partial charge in [0.1, 0.15) is 48.2 Å². The molecular formula is C59H60O9S. The molecule has 2 aliphatic rings. The first-order valence-electron chi connectivity index (χ1n) is 23.8. The molecule has 0 radical (unpaired) electrons. The second-order valence-electron chi connectivity index (χ2n) is 17.2. The lowest BCUT2D eigenvalue weighted by atomic mass is 9.97. The van der Waals surface area contributed by atoms with E-state index in [9.17, 15) is 0 Å². The molecule has 0 aliphatic carbocycles. The Morgan fingerprint density at radius 1 is 0.377 bits per heavy atom. The van der Waals surface area contributed by atoms with Crippen molar-refractivity contribution in [2.45, 2.75) is 99.0 Å². The molecule has 9 nitrogen and oxygen atoms in total. The lowest BCUT2D eigenvalue weighted by molar-refractivity contribution is -0.351. The van der Waals surface area contributed by atoms with Crippen LogP contribution in [-0.2, 0) is 82.3 Å². The zero-order valence-corrected chi connectivity index (χ0v) is 39.5. The minimum Gasteiger partial charge on any atom is -0.374 e. The Morgan fingerprint density at radius 3 is 1.19 bits per heavy atom. The summed E-state index contributed by atoms with van der Waals surface area (Å²) >= 11 is 1.61. The van der Waals surface area contributed by atoms with Gasteiger partial charge in [0.25, 0.3) is 0 Å². The number of benzene rings is 7. The standard InChI is InChI=1S/C59H60O9S/c1-8-22-44(23-9-1)36-60-42-51-53(61-37-45-24-10-2-11-25-45)55(63-39-47-28-14-4-15-29-47)56(64-40-48-30-16-5-17-31-48)58(67-51)68-52-43-66-59(69-50-34-20-7-21-35-50)57(65-41-49-32-18-6-19-33-49)54(52)62-38-46-26-12-3-13-27-46/h1-35,51-59H,36-43H2/t51-,52-,53+,54+,55+,56-,57-,58+,59-/m1/s1. The molecule has 10 heteroatoms. The van der Waals surface area contributed by atoms with E-state index in [2.05, 4.69) is 72.8 Å². The molecule has 2 heterocycles. The first kappa shape index (κ1) is 48.5. The Labute approximate surface area is 410 Å². The quantitative estimate of drug-likeness (QED) is 0.0618. The third-order valence-corrected chi connectivity index (χ3v) is 13.3. The Morgan fingerprint density at radius 2 is 0.739 bits per heavy atom. The highest BCUT2D eigenvalue weighted by atomic mass is 32.2. The maximum Gasteiger partial charge on any atom is 0.187 e. The molecule has 9 rings (SSSR count). The molecule has 2 aliphatic heterocycles. The van der Waals surface area contributed by atoms with Crippen LogP contribution in [0.25, 0.3) is 0 Å². The molecule has 9 atom stereocenters. The molecule has 0 N–H and O–H groups in total. The first-order valence-corrected chi connectivity index (χ1v) is 24.6. The van der Waals surface area contributed by atoms with Crippen LogP contribution in [0.1, 0.15) is 33.4 Å². The monoisotopic (exact) mass is 944 g/mol. The van der Waals surface area contributed by atoms with Gasteiger partial charge in [-0.1, -0.05) is 212 Å². The van der Waals surface area contributed by atoms with E-state index in [-0.39, 0.29) is 19.8 Å². The van der Waals surface area contributed by atoms with Crippen LogP contribution < -0.4 is 0 Å². The molecule has 0 spiro atoms. The van der Waals surface area contributed by atoms with E-state index in [1.807, 2.05) is 140 Å². The summed E-state index contributed by atoms with van der Waals surface area (Å²) in [7, 11) is 0. The largest absolute Gasteiger partial charge is 0.374 e. The van der Waals surface area contributed by atoms with Crippen LogP contribution in [0.3, 0.4) is 0 Å². The lowest BCUT2D eigenvalue weighted by Gasteiger charge is -2.48. The van der Waals surface area contributed by atoms with Gasteiger partial charge in [-0.3, -0.25) is 0 Å². The Balaban J connectivity index is 1.07. The smallest absolute Gasteiger partial charge is 0.187 e. The fourth-order valence-electron chi connectivity index (χ4n) is 8.53. The number of hydrogen-bond acceptors (Lipinski definition) is 10. The van der Waals surface area contributed by atoms with Crippen molar-refractivity contribution in [1.82, 2.24) is 0 Å². The van der Waals surface area contributed by atoms with Gasteiger partial charge in [-0.15, -0.1) is 0 Å². The topological polar surface area (TPSA) is 83.1 Å². The summed E-state index contributed by atoms with van der Waals surface area (Å²) in [6, 6.07) is 71.1. The highest BCUT2D eigenvalue weighted by Gasteiger charge is 2.52. The third-order valence-electron chi connectivity index (χ3n) is 12.1. The van der Waals surface area contributed by atoms with Crippen molar-refractivity contribution in [2.75, 3.05) is 13.2 Å². The van der Waals surface area contributed by atoms with Gasteiger partial charge in [0.15, 0.2) is 6.29 Å². The summed E-state index contributed by atoms with van der Waals surface area (Å²) in [5.74, 6) is 0. The van der Waals surface area contributed by atoms with E-state index in [0.717, 1.165) is 38.3 Å². The zero-order chi connectivity index (χ0) is 46.7. The van der Waals surface area contributed by atoms with Crippen molar-refractivity contribution in [1.29, 1.82) is 0 Å². The maximum atomic E-state index is 7.33. The van der Waals surface area contributed by atoms with Crippen LogP contribution >= 0.6 is 11.8 Å². The van der Waals surface area contributed by atoms with Crippen LogP contribution in [0.4, 0.5) is 0 Å². The van der Waals surface area contributed by atoms with E-state index in [1.54, 1.807) is 11.8 Å². The van der Waals surface area contributed by atoms with E-state index in [4.69, 9.17) is 42.6 Å². The lowest BCUT2D eigenvalue weighted by Crippen LogP contribution is -2.64. The Bertz CT molecular complexity index is 2480. The summed E-state index contributed by atoms with van der Waals surface area (Å²) in [4.78, 5) is 1.06. The molecule has 0 bridgehead atoms. The van der Waals surface area contributed by atoms with Crippen LogP contribution in [0.2, 0.25) is 0 Å². The van der Waals surface area contributed by atoms with Crippen LogP contribution in [0.5, 0.6) is 0 Å². The van der Waals surface area contributed by atoms with Crippen LogP contribution in [-0.4, -0.2) is 67.7 Å². The predicted molar refractivity (Wildman–Crippen MR) is 267 cm³/mol. The normalized spacial score (nSPS) is 23.6. The molecular weight excluding hydrogens is 885 g/mol. The molecule has 2 fully saturated rings. The average Bonchev–Trinajstić information content (AvgIpc) is 3.41. The second kappa shape index (κ2) is 25.9. The minimum atomic E-state index is -0.985. The van der Waals surface area contributed by atoms with Crippen molar-refractivity contribution in [3.63, 3.8) is 0 Å². The van der Waals surface area contributed by atoms with Gasteiger partial charge in [0.05, 0.1) is 52.9 Å². The SMILES string of the molecule is c1ccc(COC[C@H]2O[C@@H](O[C@@H]3CO[C@H](Sc4ccccc4)[C@H](OCc4ccccc4)[C@H]3OCc3ccccc3)[C@H](OCc3ccccc3)[C@@H](OCc3ccccc3)[C@H]2OCc2ccccc2)cc1. The fourth-order valence-corrected chi connectivity index (χ4v) is 9.63. The van der Waals surface area contributed by atoms with E-state index in [1.165, 1.54) is 0 Å². The number of hydrogen-bond donors (Lipinski definition) is 0. The van der Waals surface area contributed by atoms with Gasteiger partial charge >= 0.3 is 0 Å². The van der Waals surface area contributed by atoms with Gasteiger partial charge in [-0.05, 0) is 45.5 Å². The van der Waals surface area contributed by atoms with Crippen molar-refractivity contribution in [3.05, 3.63) is 246 Å². The second-order valence-corrected chi connectivity index (χ2v) is 18.3. The molecule has 0 aromatic heterocycles. The van der Waals surface area contributed by atoms with Gasteiger partial charge in [0, 0.05) is 4.90 Å².